The molecule has 276 valence electrons. The number of carbonyl (C=O) groups is 2. The van der Waals surface area contributed by atoms with Gasteiger partial charge in [0.05, 0.1) is 36.2 Å². The van der Waals surface area contributed by atoms with E-state index >= 15 is 0 Å². The molecule has 0 unspecified atom stereocenters. The van der Waals surface area contributed by atoms with Crippen LogP contribution in [0, 0.1) is 5.41 Å². The molecule has 2 bridgehead atoms. The van der Waals surface area contributed by atoms with E-state index in [2.05, 4.69) is 10.1 Å². The number of benzene rings is 1. The lowest BCUT2D eigenvalue weighted by atomic mass is 9.82. The quantitative estimate of drug-likeness (QED) is 0.239. The van der Waals surface area contributed by atoms with Crippen LogP contribution in [0.25, 0.3) is 33.6 Å². The van der Waals surface area contributed by atoms with Crippen molar-refractivity contribution in [2.45, 2.75) is 89.9 Å². The number of pyridine rings is 1. The second-order valence-corrected chi connectivity index (χ2v) is 13.7. The number of nitrogens with two attached hydrogens (primary N) is 1. The fraction of sp³-hybridized carbons (Fsp3) is 0.543. The van der Waals surface area contributed by atoms with E-state index in [1.807, 2.05) is 28.3 Å². The first-order chi connectivity index (χ1) is 24.1. The van der Waals surface area contributed by atoms with E-state index in [0.717, 1.165) is 18.0 Å². The third-order valence-electron chi connectivity index (χ3n) is 10.3. The van der Waals surface area contributed by atoms with Gasteiger partial charge in [0.2, 0.25) is 5.91 Å². The maximum absolute atomic E-state index is 14.1. The number of rotatable bonds is 5. The van der Waals surface area contributed by atoms with Crippen molar-refractivity contribution in [2.24, 2.45) is 18.2 Å². The van der Waals surface area contributed by atoms with E-state index in [4.69, 9.17) is 20.4 Å². The third-order valence-corrected chi connectivity index (χ3v) is 10.3. The number of nitrogens with one attached hydrogen (secondary N) is 1. The number of ether oxygens (including phenoxy) is 2. The molecular weight excluding hydrogens is 677 g/mol. The highest BCUT2D eigenvalue weighted by Crippen LogP contribution is 2.43. The number of alkyl halides is 5. The predicted molar refractivity (Wildman–Crippen MR) is 179 cm³/mol. The fourth-order valence-corrected chi connectivity index (χ4v) is 7.16. The van der Waals surface area contributed by atoms with Crippen LogP contribution < -0.4 is 15.8 Å². The van der Waals surface area contributed by atoms with Crippen molar-refractivity contribution < 1.29 is 41.0 Å². The highest BCUT2D eigenvalue weighted by atomic mass is 19.4. The standard InChI is InChI=1S/C35H42F5N7O4/c1-19-23-10-9-20-16-25(47(29(20)43-23)13-8-6-5-7-12-34(2,32(49)42-19)35(38,39)40)30-44-24-15-21(17-27(50-4)28(24)45(30)3)31(48)46-14-11-26(22(41)18-46)51-33(36)37/h9-10,15-17,19,22,26,33H,5-8,11-14,18,41H2,1-4H3,(H,42,49)/t19-,22+,26-,34-/m1/s1. The van der Waals surface area contributed by atoms with E-state index in [1.54, 1.807) is 25.1 Å². The second-order valence-electron chi connectivity index (χ2n) is 13.7. The summed E-state index contributed by atoms with van der Waals surface area (Å²) in [7, 11) is 3.33. The van der Waals surface area contributed by atoms with Crippen molar-refractivity contribution in [3.63, 3.8) is 0 Å². The Balaban J connectivity index is 1.37. The first kappa shape index (κ1) is 36.5. The lowest BCUT2D eigenvalue weighted by Gasteiger charge is -2.36. The first-order valence-corrected chi connectivity index (χ1v) is 17.0. The van der Waals surface area contributed by atoms with E-state index in [0.29, 0.717) is 65.3 Å². The number of amides is 2. The molecule has 1 saturated heterocycles. The summed E-state index contributed by atoms with van der Waals surface area (Å²) in [5.74, 6) is -0.436. The van der Waals surface area contributed by atoms with Crippen molar-refractivity contribution in [3.05, 3.63) is 41.6 Å². The van der Waals surface area contributed by atoms with Crippen LogP contribution in [0.3, 0.4) is 0 Å². The van der Waals surface area contributed by atoms with Gasteiger partial charge in [0, 0.05) is 43.7 Å². The molecule has 2 amide bonds. The van der Waals surface area contributed by atoms with Gasteiger partial charge in [0.1, 0.15) is 22.3 Å². The molecule has 4 aromatic rings. The van der Waals surface area contributed by atoms with Crippen LogP contribution in [-0.4, -0.2) is 80.9 Å². The van der Waals surface area contributed by atoms with Crippen LogP contribution >= 0.6 is 0 Å². The van der Waals surface area contributed by atoms with Crippen LogP contribution in [0.1, 0.15) is 74.5 Å². The molecule has 0 aliphatic carbocycles. The number of hydrogen-bond donors (Lipinski definition) is 2. The normalized spacial score (nSPS) is 23.9. The lowest BCUT2D eigenvalue weighted by molar-refractivity contribution is -0.219. The van der Waals surface area contributed by atoms with Crippen molar-refractivity contribution >= 4 is 33.9 Å². The SMILES string of the molecule is COc1cc(C(=O)N2CC[C@@H](OC(F)F)[C@@H](N)C2)cc2nc(-c3cc4ccc5nc4n3CCCCCC[C@@](C)(C(F)(F)F)C(=O)N[C@@H]5C)n(C)c12. The molecule has 4 atom stereocenters. The predicted octanol–water partition coefficient (Wildman–Crippen LogP) is 6.09. The lowest BCUT2D eigenvalue weighted by Crippen LogP contribution is -2.54. The minimum Gasteiger partial charge on any atom is -0.494 e. The van der Waals surface area contributed by atoms with Crippen molar-refractivity contribution in [3.8, 4) is 17.3 Å². The maximum atomic E-state index is 14.1. The summed E-state index contributed by atoms with van der Waals surface area (Å²) in [5, 5.41) is 3.35. The van der Waals surface area contributed by atoms with Gasteiger partial charge in [-0.2, -0.15) is 22.0 Å². The molecule has 16 heteroatoms. The van der Waals surface area contributed by atoms with Gasteiger partial charge in [-0.3, -0.25) is 9.59 Å². The number of nitrogens with zero attached hydrogens (tertiary/aromatic N) is 5. The molecule has 2 aliphatic rings. The Kier molecular flexibility index (Phi) is 10.0. The van der Waals surface area contributed by atoms with Crippen LogP contribution in [0.4, 0.5) is 22.0 Å². The monoisotopic (exact) mass is 719 g/mol. The number of fused-ring (bicyclic) bond motifs is 2. The molecule has 2 aliphatic heterocycles. The summed E-state index contributed by atoms with van der Waals surface area (Å²) in [6.45, 7) is 0.385. The van der Waals surface area contributed by atoms with Crippen LogP contribution in [0.15, 0.2) is 30.3 Å². The summed E-state index contributed by atoms with van der Waals surface area (Å²) < 4.78 is 82.2. The Hall–Kier alpha value is -4.31. The van der Waals surface area contributed by atoms with E-state index in [1.165, 1.54) is 12.0 Å². The van der Waals surface area contributed by atoms with Gasteiger partial charge < -0.3 is 34.6 Å². The Bertz CT molecular complexity index is 1940. The summed E-state index contributed by atoms with van der Waals surface area (Å²) >= 11 is 0. The van der Waals surface area contributed by atoms with Gasteiger partial charge >= 0.3 is 12.8 Å². The van der Waals surface area contributed by atoms with Gasteiger partial charge in [-0.25, -0.2) is 9.97 Å². The number of imidazole rings is 1. The molecule has 0 spiro atoms. The zero-order valence-electron chi connectivity index (χ0n) is 28.9. The number of piperidine rings is 1. The largest absolute Gasteiger partial charge is 0.494 e. The highest BCUT2D eigenvalue weighted by molar-refractivity contribution is 6.00. The number of carbonyl (C=O) groups excluding carboxylic acids is 2. The molecule has 3 N–H and O–H groups in total. The third kappa shape index (κ3) is 6.87. The van der Waals surface area contributed by atoms with Crippen molar-refractivity contribution in [1.29, 1.82) is 0 Å². The average molecular weight is 720 g/mol. The molecule has 1 aromatic carbocycles. The topological polar surface area (TPSA) is 130 Å². The summed E-state index contributed by atoms with van der Waals surface area (Å²) in [6, 6.07) is 7.20. The van der Waals surface area contributed by atoms with Gasteiger partial charge in [-0.15, -0.1) is 0 Å². The summed E-state index contributed by atoms with van der Waals surface area (Å²) in [5.41, 5.74) is 6.77. The molecule has 1 fully saturated rings. The maximum Gasteiger partial charge on any atom is 0.402 e. The molecule has 0 radical (unpaired) electrons. The average Bonchev–Trinajstić information content (AvgIpc) is 3.61. The smallest absolute Gasteiger partial charge is 0.402 e. The first-order valence-electron chi connectivity index (χ1n) is 17.0. The summed E-state index contributed by atoms with van der Waals surface area (Å²) in [6.07, 6.45) is -3.64. The van der Waals surface area contributed by atoms with E-state index < -0.39 is 42.3 Å². The van der Waals surface area contributed by atoms with Crippen molar-refractivity contribution in [2.75, 3.05) is 20.2 Å². The minimum absolute atomic E-state index is 0.0447. The van der Waals surface area contributed by atoms with Crippen LogP contribution in [-0.2, 0) is 23.1 Å². The zero-order valence-corrected chi connectivity index (χ0v) is 28.9. The van der Waals surface area contributed by atoms with Gasteiger partial charge in [-0.1, -0.05) is 19.3 Å². The number of aromatic nitrogens is 4. The Morgan fingerprint density at radius 1 is 1.10 bits per heavy atom. The van der Waals surface area contributed by atoms with Gasteiger partial charge in [-0.05, 0) is 63.4 Å². The van der Waals surface area contributed by atoms with Crippen molar-refractivity contribution in [1.82, 2.24) is 29.3 Å². The Morgan fingerprint density at radius 3 is 2.53 bits per heavy atom. The van der Waals surface area contributed by atoms with Crippen LogP contribution in [0.5, 0.6) is 5.75 Å². The molecule has 6 rings (SSSR count). The Morgan fingerprint density at radius 2 is 1.84 bits per heavy atom. The molecule has 5 heterocycles. The van der Waals surface area contributed by atoms with Gasteiger partial charge in [0.15, 0.2) is 5.82 Å². The minimum atomic E-state index is -4.70. The second kappa shape index (κ2) is 14.0. The molecule has 11 nitrogen and oxygen atoms in total. The fourth-order valence-electron chi connectivity index (χ4n) is 7.16. The van der Waals surface area contributed by atoms with E-state index in [9.17, 15) is 31.5 Å². The van der Waals surface area contributed by atoms with Gasteiger partial charge in [0.25, 0.3) is 5.91 Å². The number of methoxy groups -OCH3 is 1. The number of aryl methyl sites for hydroxylation is 2. The highest BCUT2D eigenvalue weighted by Gasteiger charge is 2.56. The molecule has 51 heavy (non-hydrogen) atoms. The number of likely N-dealkylation sites (tertiary alicyclic amines) is 1. The molecular formula is C35H42F5N7O4. The van der Waals surface area contributed by atoms with Crippen LogP contribution in [0.2, 0.25) is 0 Å². The summed E-state index contributed by atoms with van der Waals surface area (Å²) in [4.78, 5) is 38.0. The number of hydrogen-bond acceptors (Lipinski definition) is 7. The number of halogens is 5. The molecule has 3 aromatic heterocycles. The molecule has 0 saturated carbocycles. The zero-order chi connectivity index (χ0) is 36.8. The van der Waals surface area contributed by atoms with E-state index in [-0.39, 0.29) is 38.3 Å². The Labute approximate surface area is 291 Å².